The van der Waals surface area contributed by atoms with Crippen LogP contribution in [0.4, 0.5) is 4.39 Å². The number of halogens is 2. The summed E-state index contributed by atoms with van der Waals surface area (Å²) in [5.74, 6) is -1.32. The number of carbonyl (C=O) groups is 2. The van der Waals surface area contributed by atoms with E-state index >= 15 is 0 Å². The number of likely N-dealkylation sites (tertiary alicyclic amines) is 1. The first-order chi connectivity index (χ1) is 17.0. The van der Waals surface area contributed by atoms with Gasteiger partial charge in [0, 0.05) is 23.2 Å². The molecule has 2 aliphatic heterocycles. The van der Waals surface area contributed by atoms with Crippen LogP contribution in [0, 0.1) is 5.82 Å². The average molecular weight is 497 g/mol. The number of Topliss-reactive ketones (excluding diaryl/α,β-unsaturated/α-hetero) is 1. The first kappa shape index (κ1) is 23.6. The molecule has 0 aliphatic carbocycles. The summed E-state index contributed by atoms with van der Waals surface area (Å²) in [6, 6.07) is 13.3. The molecule has 3 aromatic carbocycles. The molecule has 1 fully saturated rings. The van der Waals surface area contributed by atoms with Crippen LogP contribution in [0.25, 0.3) is 10.8 Å². The normalized spacial score (nSPS) is 16.3. The maximum Gasteiger partial charge on any atom is 0.292 e. The Balaban J connectivity index is 1.35. The molecule has 8 heteroatoms. The quantitative estimate of drug-likeness (QED) is 0.387. The van der Waals surface area contributed by atoms with Gasteiger partial charge in [-0.15, -0.1) is 0 Å². The van der Waals surface area contributed by atoms with Crippen molar-refractivity contribution < 1.29 is 23.5 Å². The van der Waals surface area contributed by atoms with Crippen molar-refractivity contribution in [2.45, 2.75) is 25.3 Å². The molecule has 2 aliphatic rings. The Morgan fingerprint density at radius 1 is 1.00 bits per heavy atom. The summed E-state index contributed by atoms with van der Waals surface area (Å²) in [7, 11) is 0. The van der Waals surface area contributed by atoms with E-state index in [4.69, 9.17) is 21.1 Å². The minimum atomic E-state index is -0.686. The predicted octanol–water partition coefficient (Wildman–Crippen LogP) is 4.41. The molecule has 1 saturated heterocycles. The topological polar surface area (TPSA) is 67.9 Å². The Kier molecular flexibility index (Phi) is 6.88. The molecule has 182 valence electrons. The molecular weight excluding hydrogens is 471 g/mol. The summed E-state index contributed by atoms with van der Waals surface area (Å²) in [4.78, 5) is 28.2. The van der Waals surface area contributed by atoms with Crippen LogP contribution in [-0.2, 0) is 11.2 Å². The van der Waals surface area contributed by atoms with Crippen molar-refractivity contribution in [2.24, 2.45) is 0 Å². The molecule has 0 saturated carbocycles. The summed E-state index contributed by atoms with van der Waals surface area (Å²) >= 11 is 6.08. The lowest BCUT2D eigenvalue weighted by Crippen LogP contribution is -2.46. The van der Waals surface area contributed by atoms with E-state index in [0.29, 0.717) is 48.1 Å². The van der Waals surface area contributed by atoms with Crippen LogP contribution in [0.2, 0.25) is 5.02 Å². The molecule has 35 heavy (non-hydrogen) atoms. The van der Waals surface area contributed by atoms with Gasteiger partial charge >= 0.3 is 0 Å². The van der Waals surface area contributed by atoms with Gasteiger partial charge in [0.05, 0.1) is 0 Å². The van der Waals surface area contributed by atoms with E-state index in [1.165, 1.54) is 6.07 Å². The van der Waals surface area contributed by atoms with Crippen molar-refractivity contribution in [3.8, 4) is 11.5 Å². The van der Waals surface area contributed by atoms with Gasteiger partial charge in [-0.1, -0.05) is 29.8 Å². The smallest absolute Gasteiger partial charge is 0.292 e. The monoisotopic (exact) mass is 496 g/mol. The Morgan fingerprint density at radius 2 is 1.77 bits per heavy atom. The summed E-state index contributed by atoms with van der Waals surface area (Å²) in [6.07, 6.45) is 2.55. The van der Waals surface area contributed by atoms with E-state index in [1.54, 1.807) is 36.4 Å². The molecule has 0 aromatic heterocycles. The fraction of sp³-hybridized carbons (Fsp3) is 0.333. The molecule has 0 bridgehead atoms. The van der Waals surface area contributed by atoms with Gasteiger partial charge < -0.3 is 19.7 Å². The van der Waals surface area contributed by atoms with Crippen LogP contribution in [0.5, 0.6) is 11.5 Å². The van der Waals surface area contributed by atoms with Crippen molar-refractivity contribution in [3.05, 3.63) is 70.5 Å². The van der Waals surface area contributed by atoms with Crippen LogP contribution >= 0.6 is 11.6 Å². The predicted molar refractivity (Wildman–Crippen MR) is 132 cm³/mol. The zero-order valence-electron chi connectivity index (χ0n) is 19.2. The second-order valence-electron chi connectivity index (χ2n) is 9.02. The number of ketones is 1. The molecule has 3 aromatic rings. The maximum atomic E-state index is 14.6. The number of rotatable bonds is 7. The van der Waals surface area contributed by atoms with Gasteiger partial charge in [0.2, 0.25) is 5.78 Å². The average Bonchev–Trinajstić information content (AvgIpc) is 3.36. The number of ether oxygens (including phenoxy) is 2. The van der Waals surface area contributed by atoms with Crippen molar-refractivity contribution in [1.82, 2.24) is 10.2 Å². The maximum absolute atomic E-state index is 14.6. The van der Waals surface area contributed by atoms with E-state index in [0.717, 1.165) is 36.7 Å². The standard InChI is InChI=1S/C27H26ClFN2O4/c28-21-6-5-18-3-4-19(14-20(18)15-21)25(32)27(33)30-22(16-31-7-1-2-8-31)11-17-12-23(29)26-24(13-17)34-9-10-35-26/h3-6,12-15,22H,1-2,7-11,16H2,(H,30,33)/t22-/m0/s1. The first-order valence-corrected chi connectivity index (χ1v) is 12.2. The highest BCUT2D eigenvalue weighted by Crippen LogP contribution is 2.34. The minimum Gasteiger partial charge on any atom is -0.486 e. The number of hydrogen-bond donors (Lipinski definition) is 1. The van der Waals surface area contributed by atoms with Gasteiger partial charge in [0.25, 0.3) is 5.91 Å². The van der Waals surface area contributed by atoms with Crippen LogP contribution in [0.1, 0.15) is 28.8 Å². The van der Waals surface area contributed by atoms with Crippen LogP contribution in [0.15, 0.2) is 48.5 Å². The van der Waals surface area contributed by atoms with E-state index in [-0.39, 0.29) is 11.8 Å². The third kappa shape index (κ3) is 5.41. The Bertz CT molecular complexity index is 1280. The zero-order valence-corrected chi connectivity index (χ0v) is 19.9. The van der Waals surface area contributed by atoms with E-state index < -0.39 is 17.5 Å². The largest absolute Gasteiger partial charge is 0.486 e. The Hall–Kier alpha value is -3.16. The Morgan fingerprint density at radius 3 is 2.60 bits per heavy atom. The lowest BCUT2D eigenvalue weighted by Gasteiger charge is -2.25. The highest BCUT2D eigenvalue weighted by atomic mass is 35.5. The molecule has 0 radical (unpaired) electrons. The van der Waals surface area contributed by atoms with E-state index in [1.807, 2.05) is 6.07 Å². The van der Waals surface area contributed by atoms with Gasteiger partial charge in [-0.05, 0) is 79.0 Å². The molecule has 1 N–H and O–H groups in total. The van der Waals surface area contributed by atoms with Gasteiger partial charge in [-0.25, -0.2) is 4.39 Å². The second kappa shape index (κ2) is 10.2. The first-order valence-electron chi connectivity index (χ1n) is 11.8. The molecule has 1 amide bonds. The summed E-state index contributed by atoms with van der Waals surface area (Å²) in [5.41, 5.74) is 0.964. The van der Waals surface area contributed by atoms with Crippen molar-refractivity contribution >= 4 is 34.1 Å². The van der Waals surface area contributed by atoms with Gasteiger partial charge in [-0.3, -0.25) is 9.59 Å². The molecule has 0 unspecified atom stereocenters. The number of carbonyl (C=O) groups excluding carboxylic acids is 2. The van der Waals surface area contributed by atoms with E-state index in [9.17, 15) is 14.0 Å². The highest BCUT2D eigenvalue weighted by molar-refractivity contribution is 6.43. The lowest BCUT2D eigenvalue weighted by atomic mass is 10.0. The van der Waals surface area contributed by atoms with Crippen molar-refractivity contribution in [1.29, 1.82) is 0 Å². The number of benzene rings is 3. The van der Waals surface area contributed by atoms with Gasteiger partial charge in [0.15, 0.2) is 17.3 Å². The lowest BCUT2D eigenvalue weighted by molar-refractivity contribution is -0.117. The number of amides is 1. The molecule has 5 rings (SSSR count). The minimum absolute atomic E-state index is 0.117. The number of fused-ring (bicyclic) bond motifs is 2. The molecule has 2 heterocycles. The fourth-order valence-electron chi connectivity index (χ4n) is 4.75. The van der Waals surface area contributed by atoms with E-state index in [2.05, 4.69) is 10.2 Å². The van der Waals surface area contributed by atoms with Crippen LogP contribution in [-0.4, -0.2) is 55.5 Å². The van der Waals surface area contributed by atoms with Gasteiger partial charge in [-0.2, -0.15) is 0 Å². The fourth-order valence-corrected chi connectivity index (χ4v) is 4.93. The zero-order chi connectivity index (χ0) is 24.4. The second-order valence-corrected chi connectivity index (χ2v) is 9.46. The van der Waals surface area contributed by atoms with Crippen molar-refractivity contribution in [2.75, 3.05) is 32.8 Å². The van der Waals surface area contributed by atoms with Crippen LogP contribution in [0.3, 0.4) is 0 Å². The van der Waals surface area contributed by atoms with Gasteiger partial charge in [0.1, 0.15) is 13.2 Å². The third-order valence-corrected chi connectivity index (χ3v) is 6.66. The summed E-state index contributed by atoms with van der Waals surface area (Å²) < 4.78 is 25.5. The van der Waals surface area contributed by atoms with Crippen molar-refractivity contribution in [3.63, 3.8) is 0 Å². The molecular formula is C27H26ClFN2O4. The Labute approximate surface area is 208 Å². The number of nitrogens with zero attached hydrogens (tertiary/aromatic N) is 1. The number of nitrogens with one attached hydrogen (secondary N) is 1. The number of hydrogen-bond acceptors (Lipinski definition) is 5. The summed E-state index contributed by atoms with van der Waals surface area (Å²) in [5, 5.41) is 5.18. The third-order valence-electron chi connectivity index (χ3n) is 6.42. The SMILES string of the molecule is O=C(N[C@@H](Cc1cc(F)c2c(c1)OCCO2)CN1CCCC1)C(=O)c1ccc2ccc(Cl)cc2c1. The molecule has 1 atom stereocenters. The van der Waals surface area contributed by atoms with Crippen LogP contribution < -0.4 is 14.8 Å². The molecule has 0 spiro atoms. The highest BCUT2D eigenvalue weighted by Gasteiger charge is 2.25. The molecule has 6 nitrogen and oxygen atoms in total. The summed E-state index contributed by atoms with van der Waals surface area (Å²) in [6.45, 7) is 3.10.